The second-order valence-corrected chi connectivity index (χ2v) is 3.63. The number of ether oxygens (including phenoxy) is 1. The Hall–Kier alpha value is -1.97. The first-order chi connectivity index (χ1) is 7.74. The zero-order chi connectivity index (χ0) is 11.4. The van der Waals surface area contributed by atoms with Gasteiger partial charge in [0.25, 0.3) is 0 Å². The van der Waals surface area contributed by atoms with Gasteiger partial charge in [-0.05, 0) is 19.1 Å². The van der Waals surface area contributed by atoms with Crippen molar-refractivity contribution >= 4 is 5.88 Å². The summed E-state index contributed by atoms with van der Waals surface area (Å²) in [7, 11) is 0. The van der Waals surface area contributed by atoms with Crippen LogP contribution in [-0.4, -0.2) is 11.8 Å². The van der Waals surface area contributed by atoms with E-state index in [1.165, 1.54) is 5.56 Å². The number of anilines is 1. The van der Waals surface area contributed by atoms with Crippen LogP contribution >= 0.6 is 0 Å². The Morgan fingerprint density at radius 1 is 1.31 bits per heavy atom. The Bertz CT molecular complexity index is 448. The van der Waals surface area contributed by atoms with Crippen molar-refractivity contribution in [2.24, 2.45) is 0 Å². The van der Waals surface area contributed by atoms with Crippen molar-refractivity contribution in [1.29, 1.82) is 0 Å². The summed E-state index contributed by atoms with van der Waals surface area (Å²) in [4.78, 5) is 0. The minimum absolute atomic E-state index is 0.338. The highest BCUT2D eigenvalue weighted by Gasteiger charge is 2.01. The molecule has 0 saturated carbocycles. The predicted octanol–water partition coefficient (Wildman–Crippen LogP) is 2.19. The molecular weight excluding hydrogens is 204 g/mol. The molecule has 0 bridgehead atoms. The average Bonchev–Trinajstić information content (AvgIpc) is 2.67. The van der Waals surface area contributed by atoms with Crippen molar-refractivity contribution in [3.05, 3.63) is 41.6 Å². The topological polar surface area (TPSA) is 61.3 Å². The van der Waals surface area contributed by atoms with Gasteiger partial charge in [-0.3, -0.25) is 0 Å². The lowest BCUT2D eigenvalue weighted by Crippen LogP contribution is -2.01. The highest BCUT2D eigenvalue weighted by Crippen LogP contribution is 2.12. The van der Waals surface area contributed by atoms with E-state index in [2.05, 4.69) is 5.16 Å². The second kappa shape index (κ2) is 4.70. The number of benzene rings is 1. The van der Waals surface area contributed by atoms with Gasteiger partial charge in [-0.25, -0.2) is 0 Å². The number of aromatic nitrogens is 1. The Morgan fingerprint density at radius 2 is 2.06 bits per heavy atom. The van der Waals surface area contributed by atoms with E-state index in [4.69, 9.17) is 15.0 Å². The van der Waals surface area contributed by atoms with Crippen LogP contribution in [-0.2, 0) is 6.42 Å². The van der Waals surface area contributed by atoms with E-state index in [1.54, 1.807) is 6.07 Å². The van der Waals surface area contributed by atoms with Crippen molar-refractivity contribution in [3.63, 3.8) is 0 Å². The lowest BCUT2D eigenvalue weighted by atomic mass is 10.2. The van der Waals surface area contributed by atoms with Gasteiger partial charge < -0.3 is 15.0 Å². The van der Waals surface area contributed by atoms with Crippen molar-refractivity contribution in [2.45, 2.75) is 13.3 Å². The number of aryl methyl sites for hydroxylation is 1. The molecular formula is C12H14N2O2. The van der Waals surface area contributed by atoms with Gasteiger partial charge in [0.15, 0.2) is 0 Å². The summed E-state index contributed by atoms with van der Waals surface area (Å²) in [6.07, 6.45) is 0.689. The maximum atomic E-state index is 5.55. The predicted molar refractivity (Wildman–Crippen MR) is 61.3 cm³/mol. The van der Waals surface area contributed by atoms with Crippen LogP contribution < -0.4 is 10.5 Å². The quantitative estimate of drug-likeness (QED) is 0.854. The number of nitrogen functional groups attached to an aromatic ring is 1. The first-order valence-electron chi connectivity index (χ1n) is 5.14. The Balaban J connectivity index is 1.82. The summed E-state index contributed by atoms with van der Waals surface area (Å²) in [5.74, 6) is 1.20. The van der Waals surface area contributed by atoms with Crippen LogP contribution in [0.3, 0.4) is 0 Å². The summed E-state index contributed by atoms with van der Waals surface area (Å²) < 4.78 is 10.3. The minimum atomic E-state index is 0.338. The molecule has 4 nitrogen and oxygen atoms in total. The van der Waals surface area contributed by atoms with Crippen LogP contribution in [0, 0.1) is 6.92 Å². The number of hydrogen-bond acceptors (Lipinski definition) is 4. The molecule has 2 rings (SSSR count). The van der Waals surface area contributed by atoms with E-state index in [9.17, 15) is 0 Å². The Morgan fingerprint density at radius 3 is 2.69 bits per heavy atom. The molecule has 0 spiro atoms. The summed E-state index contributed by atoms with van der Waals surface area (Å²) in [6, 6.07) is 9.64. The first-order valence-corrected chi connectivity index (χ1v) is 5.14. The molecule has 0 fully saturated rings. The van der Waals surface area contributed by atoms with Crippen molar-refractivity contribution in [2.75, 3.05) is 12.3 Å². The molecule has 0 unspecified atom stereocenters. The highest BCUT2D eigenvalue weighted by atomic mass is 16.5. The lowest BCUT2D eigenvalue weighted by Gasteiger charge is -2.04. The van der Waals surface area contributed by atoms with E-state index in [1.807, 2.05) is 31.2 Å². The summed E-state index contributed by atoms with van der Waals surface area (Å²) in [5.41, 5.74) is 7.44. The molecule has 0 saturated heterocycles. The maximum Gasteiger partial charge on any atom is 0.222 e. The van der Waals surface area contributed by atoms with E-state index in [-0.39, 0.29) is 0 Å². The molecule has 0 aliphatic heterocycles. The van der Waals surface area contributed by atoms with Gasteiger partial charge in [0.1, 0.15) is 5.75 Å². The standard InChI is InChI=1S/C12H14N2O2/c1-9-2-4-11(5-3-9)15-7-6-10-8-12(13)16-14-10/h2-5,8H,6-7,13H2,1H3. The summed E-state index contributed by atoms with van der Waals surface area (Å²) >= 11 is 0. The van der Waals surface area contributed by atoms with Gasteiger partial charge in [-0.1, -0.05) is 22.9 Å². The second-order valence-electron chi connectivity index (χ2n) is 3.63. The Labute approximate surface area is 94.0 Å². The molecule has 4 heteroatoms. The average molecular weight is 218 g/mol. The van der Waals surface area contributed by atoms with E-state index in [0.29, 0.717) is 18.9 Å². The largest absolute Gasteiger partial charge is 0.493 e. The molecule has 2 aromatic rings. The third-order valence-corrected chi connectivity index (χ3v) is 2.23. The van der Waals surface area contributed by atoms with Gasteiger partial charge in [0.2, 0.25) is 5.88 Å². The van der Waals surface area contributed by atoms with Crippen LogP contribution in [0.25, 0.3) is 0 Å². The van der Waals surface area contributed by atoms with Crippen LogP contribution in [0.15, 0.2) is 34.9 Å². The Kier molecular flexibility index (Phi) is 3.10. The molecule has 0 aliphatic carbocycles. The molecule has 1 heterocycles. The number of hydrogen-bond donors (Lipinski definition) is 1. The van der Waals surface area contributed by atoms with Crippen LogP contribution in [0.4, 0.5) is 5.88 Å². The van der Waals surface area contributed by atoms with Gasteiger partial charge in [0, 0.05) is 12.5 Å². The van der Waals surface area contributed by atoms with Gasteiger partial charge in [-0.15, -0.1) is 0 Å². The molecule has 16 heavy (non-hydrogen) atoms. The smallest absolute Gasteiger partial charge is 0.222 e. The fraction of sp³-hybridized carbons (Fsp3) is 0.250. The molecule has 1 aromatic heterocycles. The van der Waals surface area contributed by atoms with E-state index in [0.717, 1.165) is 11.4 Å². The zero-order valence-electron chi connectivity index (χ0n) is 9.14. The van der Waals surface area contributed by atoms with Gasteiger partial charge >= 0.3 is 0 Å². The molecule has 1 aromatic carbocycles. The van der Waals surface area contributed by atoms with Crippen LogP contribution in [0.1, 0.15) is 11.3 Å². The molecule has 0 atom stereocenters. The number of nitrogens with zero attached hydrogens (tertiary/aromatic N) is 1. The number of rotatable bonds is 4. The van der Waals surface area contributed by atoms with Crippen molar-refractivity contribution < 1.29 is 9.26 Å². The van der Waals surface area contributed by atoms with Crippen molar-refractivity contribution in [1.82, 2.24) is 5.16 Å². The maximum absolute atomic E-state index is 5.55. The lowest BCUT2D eigenvalue weighted by molar-refractivity contribution is 0.316. The summed E-state index contributed by atoms with van der Waals surface area (Å²) in [5, 5.41) is 3.78. The van der Waals surface area contributed by atoms with Crippen LogP contribution in [0.5, 0.6) is 5.75 Å². The monoisotopic (exact) mass is 218 g/mol. The van der Waals surface area contributed by atoms with E-state index >= 15 is 0 Å². The third kappa shape index (κ3) is 2.76. The molecule has 0 aliphatic rings. The van der Waals surface area contributed by atoms with Crippen LogP contribution in [0.2, 0.25) is 0 Å². The molecule has 84 valence electrons. The van der Waals surface area contributed by atoms with Gasteiger partial charge in [-0.2, -0.15) is 0 Å². The minimum Gasteiger partial charge on any atom is -0.493 e. The van der Waals surface area contributed by atoms with E-state index < -0.39 is 0 Å². The SMILES string of the molecule is Cc1ccc(OCCc2cc(N)on2)cc1. The third-order valence-electron chi connectivity index (χ3n) is 2.23. The molecule has 0 radical (unpaired) electrons. The molecule has 2 N–H and O–H groups in total. The fourth-order valence-corrected chi connectivity index (χ4v) is 1.35. The number of nitrogens with two attached hydrogens (primary N) is 1. The van der Waals surface area contributed by atoms with Crippen molar-refractivity contribution in [3.8, 4) is 5.75 Å². The fourth-order valence-electron chi connectivity index (χ4n) is 1.35. The van der Waals surface area contributed by atoms with Gasteiger partial charge in [0.05, 0.1) is 12.3 Å². The highest BCUT2D eigenvalue weighted by molar-refractivity contribution is 5.27. The normalized spacial score (nSPS) is 10.3. The zero-order valence-corrected chi connectivity index (χ0v) is 9.14. The first kappa shape index (κ1) is 10.5. The molecule has 0 amide bonds. The summed E-state index contributed by atoms with van der Waals surface area (Å²) in [6.45, 7) is 2.61.